The molecule has 7 heteroatoms. The monoisotopic (exact) mass is 390 g/mol. The van der Waals surface area contributed by atoms with Crippen LogP contribution < -0.4 is 19.7 Å². The smallest absolute Gasteiger partial charge is 0.257 e. The number of ether oxygens (including phenoxy) is 2. The Labute approximate surface area is 168 Å². The Morgan fingerprint density at radius 2 is 1.62 bits per heavy atom. The minimum Gasteiger partial charge on any atom is -0.490 e. The van der Waals surface area contributed by atoms with Gasteiger partial charge in [-0.15, -0.1) is 0 Å². The third-order valence-electron chi connectivity index (χ3n) is 5.20. The minimum absolute atomic E-state index is 0.245. The van der Waals surface area contributed by atoms with Gasteiger partial charge in [-0.25, -0.2) is 9.97 Å². The highest BCUT2D eigenvalue weighted by molar-refractivity contribution is 6.06. The Bertz CT molecular complexity index is 1060. The topological polar surface area (TPSA) is 76.6 Å². The zero-order valence-electron chi connectivity index (χ0n) is 16.1. The lowest BCUT2D eigenvalue weighted by Gasteiger charge is -2.20. The van der Waals surface area contributed by atoms with Crippen molar-refractivity contribution in [2.24, 2.45) is 0 Å². The van der Waals surface area contributed by atoms with Gasteiger partial charge in [-0.3, -0.25) is 4.79 Å². The van der Waals surface area contributed by atoms with Crippen molar-refractivity contribution in [2.75, 3.05) is 36.5 Å². The number of para-hydroxylation sites is 2. The lowest BCUT2D eigenvalue weighted by molar-refractivity contribution is 0.102. The Morgan fingerprint density at radius 3 is 2.41 bits per heavy atom. The van der Waals surface area contributed by atoms with Gasteiger partial charge < -0.3 is 19.7 Å². The standard InChI is InChI=1S/C22H22N4O3/c27-22(15-8-9-18-19(14-15)29-13-5-12-28-18)25-20-21(26-10-3-4-11-26)24-17-7-2-1-6-16(17)23-20/h1-2,6-9,14H,3-5,10-13H2,(H,23,25,27). The highest BCUT2D eigenvalue weighted by atomic mass is 16.5. The van der Waals surface area contributed by atoms with Crippen LogP contribution in [0.5, 0.6) is 11.5 Å². The van der Waals surface area contributed by atoms with Gasteiger partial charge in [0.1, 0.15) is 0 Å². The Hall–Kier alpha value is -3.35. The number of benzene rings is 2. The van der Waals surface area contributed by atoms with Crippen molar-refractivity contribution >= 4 is 28.6 Å². The van der Waals surface area contributed by atoms with Crippen LogP contribution in [0.15, 0.2) is 42.5 Å². The molecule has 0 atom stereocenters. The minimum atomic E-state index is -0.245. The van der Waals surface area contributed by atoms with Gasteiger partial charge in [0, 0.05) is 25.1 Å². The zero-order valence-corrected chi connectivity index (χ0v) is 16.1. The number of fused-ring (bicyclic) bond motifs is 2. The summed E-state index contributed by atoms with van der Waals surface area (Å²) in [5, 5.41) is 2.97. The molecule has 2 aliphatic rings. The van der Waals surface area contributed by atoms with Gasteiger partial charge in [0.2, 0.25) is 0 Å². The Kier molecular flexibility index (Phi) is 4.63. The van der Waals surface area contributed by atoms with Crippen molar-refractivity contribution in [2.45, 2.75) is 19.3 Å². The van der Waals surface area contributed by atoms with Crippen molar-refractivity contribution < 1.29 is 14.3 Å². The van der Waals surface area contributed by atoms with Crippen LogP contribution in [-0.4, -0.2) is 42.2 Å². The van der Waals surface area contributed by atoms with Gasteiger partial charge in [0.25, 0.3) is 5.91 Å². The molecule has 1 amide bonds. The summed E-state index contributed by atoms with van der Waals surface area (Å²) in [4.78, 5) is 24.7. The van der Waals surface area contributed by atoms with Crippen molar-refractivity contribution in [1.82, 2.24) is 9.97 Å². The quantitative estimate of drug-likeness (QED) is 0.736. The van der Waals surface area contributed by atoms with Gasteiger partial charge in [-0.1, -0.05) is 12.1 Å². The second-order valence-corrected chi connectivity index (χ2v) is 7.24. The van der Waals surface area contributed by atoms with E-state index in [1.807, 2.05) is 24.3 Å². The summed E-state index contributed by atoms with van der Waals surface area (Å²) in [7, 11) is 0. The van der Waals surface area contributed by atoms with E-state index in [0.717, 1.165) is 49.2 Å². The maximum absolute atomic E-state index is 13.0. The van der Waals surface area contributed by atoms with Gasteiger partial charge in [0.15, 0.2) is 23.1 Å². The molecule has 7 nitrogen and oxygen atoms in total. The molecule has 0 unspecified atom stereocenters. The first-order chi connectivity index (χ1) is 14.3. The fraction of sp³-hybridized carbons (Fsp3) is 0.318. The molecule has 2 aliphatic heterocycles. The first-order valence-corrected chi connectivity index (χ1v) is 10.0. The zero-order chi connectivity index (χ0) is 19.6. The van der Waals surface area contributed by atoms with E-state index < -0.39 is 0 Å². The average molecular weight is 390 g/mol. The van der Waals surface area contributed by atoms with Crippen LogP contribution in [0, 0.1) is 0 Å². The van der Waals surface area contributed by atoms with Crippen molar-refractivity contribution in [3.8, 4) is 11.5 Å². The van der Waals surface area contributed by atoms with Crippen LogP contribution in [0.2, 0.25) is 0 Å². The molecule has 0 spiro atoms. The van der Waals surface area contributed by atoms with E-state index in [9.17, 15) is 4.79 Å². The summed E-state index contributed by atoms with van der Waals surface area (Å²) in [6, 6.07) is 13.0. The first kappa shape index (κ1) is 17.7. The summed E-state index contributed by atoms with van der Waals surface area (Å²) in [6.45, 7) is 3.03. The van der Waals surface area contributed by atoms with Crippen LogP contribution >= 0.6 is 0 Å². The van der Waals surface area contributed by atoms with Crippen molar-refractivity contribution in [3.63, 3.8) is 0 Å². The largest absolute Gasteiger partial charge is 0.490 e. The molecular weight excluding hydrogens is 368 g/mol. The molecule has 1 fully saturated rings. The van der Waals surface area contributed by atoms with Crippen molar-refractivity contribution in [1.29, 1.82) is 0 Å². The number of hydrogen-bond acceptors (Lipinski definition) is 6. The molecule has 5 rings (SSSR count). The number of rotatable bonds is 3. The molecule has 0 radical (unpaired) electrons. The Morgan fingerprint density at radius 1 is 0.897 bits per heavy atom. The number of carbonyl (C=O) groups excluding carboxylic acids is 1. The van der Waals surface area contributed by atoms with Crippen LogP contribution in [0.25, 0.3) is 11.0 Å². The lowest BCUT2D eigenvalue weighted by atomic mass is 10.2. The summed E-state index contributed by atoms with van der Waals surface area (Å²) in [5.74, 6) is 2.24. The average Bonchev–Trinajstić information content (AvgIpc) is 3.18. The number of nitrogens with zero attached hydrogens (tertiary/aromatic N) is 3. The maximum Gasteiger partial charge on any atom is 0.257 e. The second-order valence-electron chi connectivity index (χ2n) is 7.24. The summed E-state index contributed by atoms with van der Waals surface area (Å²) < 4.78 is 11.4. The van der Waals surface area contributed by atoms with E-state index in [4.69, 9.17) is 19.4 Å². The van der Waals surface area contributed by atoms with Gasteiger partial charge >= 0.3 is 0 Å². The van der Waals surface area contributed by atoms with Crippen LogP contribution in [0.4, 0.5) is 11.6 Å². The molecule has 3 heterocycles. The third-order valence-corrected chi connectivity index (χ3v) is 5.20. The van der Waals surface area contributed by atoms with E-state index in [1.54, 1.807) is 18.2 Å². The van der Waals surface area contributed by atoms with E-state index in [1.165, 1.54) is 0 Å². The molecular formula is C22H22N4O3. The van der Waals surface area contributed by atoms with Gasteiger partial charge in [-0.2, -0.15) is 0 Å². The molecule has 3 aromatic rings. The van der Waals surface area contributed by atoms with E-state index >= 15 is 0 Å². The summed E-state index contributed by atoms with van der Waals surface area (Å²) in [6.07, 6.45) is 3.05. The number of carbonyl (C=O) groups is 1. The fourth-order valence-corrected chi connectivity index (χ4v) is 3.71. The third kappa shape index (κ3) is 3.55. The molecule has 0 saturated carbocycles. The predicted octanol–water partition coefficient (Wildman–Crippen LogP) is 3.64. The van der Waals surface area contributed by atoms with Crippen LogP contribution in [0.3, 0.4) is 0 Å². The normalized spacial score (nSPS) is 15.9. The molecule has 0 aliphatic carbocycles. The molecule has 1 N–H and O–H groups in total. The predicted molar refractivity (Wildman–Crippen MR) is 111 cm³/mol. The lowest BCUT2D eigenvalue weighted by Crippen LogP contribution is -2.23. The SMILES string of the molecule is O=C(Nc1nc2ccccc2nc1N1CCCC1)c1ccc2c(c1)OCCCO2. The number of nitrogens with one attached hydrogen (secondary N) is 1. The fourth-order valence-electron chi connectivity index (χ4n) is 3.71. The van der Waals surface area contributed by atoms with Gasteiger partial charge in [-0.05, 0) is 43.2 Å². The summed E-state index contributed by atoms with van der Waals surface area (Å²) in [5.41, 5.74) is 2.07. The summed E-state index contributed by atoms with van der Waals surface area (Å²) >= 11 is 0. The molecule has 1 saturated heterocycles. The number of hydrogen-bond donors (Lipinski definition) is 1. The van der Waals surface area contributed by atoms with Crippen LogP contribution in [0.1, 0.15) is 29.6 Å². The van der Waals surface area contributed by atoms with Crippen molar-refractivity contribution in [3.05, 3.63) is 48.0 Å². The highest BCUT2D eigenvalue weighted by Crippen LogP contribution is 2.32. The molecule has 0 bridgehead atoms. The van der Waals surface area contributed by atoms with Crippen LogP contribution in [-0.2, 0) is 0 Å². The molecule has 29 heavy (non-hydrogen) atoms. The van der Waals surface area contributed by atoms with Gasteiger partial charge in [0.05, 0.1) is 24.2 Å². The number of aromatic nitrogens is 2. The Balaban J connectivity index is 1.48. The molecule has 1 aromatic heterocycles. The van der Waals surface area contributed by atoms with E-state index in [2.05, 4.69) is 10.2 Å². The molecule has 148 valence electrons. The second kappa shape index (κ2) is 7.58. The first-order valence-electron chi connectivity index (χ1n) is 10.0. The highest BCUT2D eigenvalue weighted by Gasteiger charge is 2.22. The molecule has 2 aromatic carbocycles. The van der Waals surface area contributed by atoms with E-state index in [0.29, 0.717) is 36.1 Å². The number of amides is 1. The van der Waals surface area contributed by atoms with E-state index in [-0.39, 0.29) is 5.91 Å². The number of anilines is 2. The maximum atomic E-state index is 13.0.